The highest BCUT2D eigenvalue weighted by molar-refractivity contribution is 5.94. The second-order valence-corrected chi connectivity index (χ2v) is 9.61. The zero-order valence-corrected chi connectivity index (χ0v) is 18.3. The monoisotopic (exact) mass is 427 g/mol. The standard InChI is InChI=1S/C26H29N5O/c32-26(21-9-11-23(12-10-21)30-17-27-28-18-30)29-14-19-13-22(16-29)25-8-4-7-24(31(25)15-19)20-5-2-1-3-6-20/h1-3,5-6,9-12,17-19,22,24-25H,4,7-8,13-16H2/t19-,22+,24+,25-/m0/s1. The molecule has 1 aromatic heterocycles. The van der Waals surface area contributed by atoms with Crippen LogP contribution >= 0.6 is 0 Å². The number of piperidine rings is 3. The fourth-order valence-electron chi connectivity index (χ4n) is 6.30. The van der Waals surface area contributed by atoms with Crippen LogP contribution in [0.5, 0.6) is 0 Å². The summed E-state index contributed by atoms with van der Waals surface area (Å²) >= 11 is 0. The Morgan fingerprint density at radius 2 is 1.66 bits per heavy atom. The quantitative estimate of drug-likeness (QED) is 0.635. The minimum absolute atomic E-state index is 0.166. The van der Waals surface area contributed by atoms with E-state index in [-0.39, 0.29) is 5.91 Å². The zero-order chi connectivity index (χ0) is 21.5. The molecule has 4 heterocycles. The van der Waals surface area contributed by atoms with E-state index in [1.807, 2.05) is 28.8 Å². The smallest absolute Gasteiger partial charge is 0.253 e. The molecular formula is C26H29N5O. The van der Waals surface area contributed by atoms with E-state index in [4.69, 9.17) is 0 Å². The molecule has 3 fully saturated rings. The molecule has 3 saturated heterocycles. The van der Waals surface area contributed by atoms with Crippen LogP contribution in [0, 0.1) is 11.8 Å². The third kappa shape index (κ3) is 3.52. The van der Waals surface area contributed by atoms with Gasteiger partial charge in [0.05, 0.1) is 0 Å². The molecule has 0 unspecified atom stereocenters. The Morgan fingerprint density at radius 3 is 2.44 bits per heavy atom. The Hall–Kier alpha value is -2.99. The first-order valence-corrected chi connectivity index (χ1v) is 11.8. The van der Waals surface area contributed by atoms with Gasteiger partial charge in [-0.3, -0.25) is 14.3 Å². The van der Waals surface area contributed by atoms with Crippen LogP contribution in [0.2, 0.25) is 0 Å². The number of likely N-dealkylation sites (tertiary alicyclic amines) is 1. The number of carbonyl (C=O) groups is 1. The summed E-state index contributed by atoms with van der Waals surface area (Å²) in [4.78, 5) is 18.3. The van der Waals surface area contributed by atoms with E-state index in [9.17, 15) is 4.79 Å². The van der Waals surface area contributed by atoms with Crippen molar-refractivity contribution in [1.29, 1.82) is 0 Å². The molecule has 1 amide bonds. The molecule has 6 heteroatoms. The lowest BCUT2D eigenvalue weighted by molar-refractivity contribution is -0.0511. The van der Waals surface area contributed by atoms with Crippen molar-refractivity contribution < 1.29 is 4.79 Å². The van der Waals surface area contributed by atoms with Crippen LogP contribution in [0.25, 0.3) is 5.69 Å². The molecule has 4 atom stereocenters. The molecule has 3 aromatic rings. The Bertz CT molecular complexity index is 1070. The highest BCUT2D eigenvalue weighted by Gasteiger charge is 2.45. The maximum absolute atomic E-state index is 13.4. The van der Waals surface area contributed by atoms with Crippen LogP contribution in [-0.4, -0.2) is 56.1 Å². The van der Waals surface area contributed by atoms with Crippen molar-refractivity contribution in [2.45, 2.75) is 37.8 Å². The number of hydrogen-bond donors (Lipinski definition) is 0. The Labute approximate surface area is 188 Å². The molecule has 6 nitrogen and oxygen atoms in total. The molecule has 0 spiro atoms. The van der Waals surface area contributed by atoms with Crippen molar-refractivity contribution in [2.75, 3.05) is 19.6 Å². The van der Waals surface area contributed by atoms with Gasteiger partial charge in [-0.05, 0) is 67.3 Å². The number of aromatic nitrogens is 3. The molecule has 0 aliphatic carbocycles. The lowest BCUT2D eigenvalue weighted by Gasteiger charge is -2.55. The Morgan fingerprint density at radius 1 is 0.875 bits per heavy atom. The van der Waals surface area contributed by atoms with Crippen LogP contribution in [0.1, 0.15) is 47.6 Å². The van der Waals surface area contributed by atoms with Crippen LogP contribution in [0.4, 0.5) is 0 Å². The summed E-state index contributed by atoms with van der Waals surface area (Å²) < 4.78 is 1.85. The van der Waals surface area contributed by atoms with Crippen molar-refractivity contribution >= 4 is 5.91 Å². The van der Waals surface area contributed by atoms with Crippen LogP contribution < -0.4 is 0 Å². The second kappa shape index (κ2) is 8.17. The molecule has 6 rings (SSSR count). The zero-order valence-electron chi connectivity index (χ0n) is 18.3. The van der Waals surface area contributed by atoms with E-state index in [0.29, 0.717) is 23.9 Å². The molecule has 2 bridgehead atoms. The summed E-state index contributed by atoms with van der Waals surface area (Å²) in [6.45, 7) is 2.86. The summed E-state index contributed by atoms with van der Waals surface area (Å²) in [5.74, 6) is 1.31. The van der Waals surface area contributed by atoms with Crippen molar-refractivity contribution in [3.63, 3.8) is 0 Å². The second-order valence-electron chi connectivity index (χ2n) is 9.61. The first kappa shape index (κ1) is 19.7. The van der Waals surface area contributed by atoms with E-state index < -0.39 is 0 Å². The third-order valence-electron chi connectivity index (χ3n) is 7.69. The number of nitrogens with zero attached hydrogens (tertiary/aromatic N) is 5. The van der Waals surface area contributed by atoms with E-state index in [0.717, 1.165) is 30.9 Å². The minimum atomic E-state index is 0.166. The lowest BCUT2D eigenvalue weighted by Crippen LogP contribution is -2.60. The number of rotatable bonds is 3. The number of amides is 1. The molecular weight excluding hydrogens is 398 g/mol. The summed E-state index contributed by atoms with van der Waals surface area (Å²) in [5.41, 5.74) is 3.19. The first-order chi connectivity index (χ1) is 15.8. The van der Waals surface area contributed by atoms with Gasteiger partial charge in [-0.1, -0.05) is 30.3 Å². The van der Waals surface area contributed by atoms with Gasteiger partial charge in [0, 0.05) is 43.0 Å². The predicted molar refractivity (Wildman–Crippen MR) is 122 cm³/mol. The van der Waals surface area contributed by atoms with Gasteiger partial charge in [-0.2, -0.15) is 0 Å². The van der Waals surface area contributed by atoms with Gasteiger partial charge in [-0.15, -0.1) is 10.2 Å². The van der Waals surface area contributed by atoms with Gasteiger partial charge in [0.2, 0.25) is 0 Å². The van der Waals surface area contributed by atoms with Gasteiger partial charge >= 0.3 is 0 Å². The van der Waals surface area contributed by atoms with E-state index >= 15 is 0 Å². The fraction of sp³-hybridized carbons (Fsp3) is 0.423. The van der Waals surface area contributed by atoms with E-state index in [1.54, 1.807) is 12.7 Å². The summed E-state index contributed by atoms with van der Waals surface area (Å²) in [7, 11) is 0. The van der Waals surface area contributed by atoms with Gasteiger partial charge in [-0.25, -0.2) is 0 Å². The van der Waals surface area contributed by atoms with E-state index in [1.165, 1.54) is 31.2 Å². The average Bonchev–Trinajstić information content (AvgIpc) is 3.39. The van der Waals surface area contributed by atoms with Crippen molar-refractivity contribution in [3.05, 3.63) is 78.4 Å². The van der Waals surface area contributed by atoms with E-state index in [2.05, 4.69) is 50.3 Å². The first-order valence-electron chi connectivity index (χ1n) is 11.8. The number of benzene rings is 2. The summed E-state index contributed by atoms with van der Waals surface area (Å²) in [6, 6.07) is 19.9. The van der Waals surface area contributed by atoms with Crippen molar-refractivity contribution in [3.8, 4) is 5.69 Å². The van der Waals surface area contributed by atoms with Crippen LogP contribution in [0.3, 0.4) is 0 Å². The molecule has 164 valence electrons. The number of carbonyl (C=O) groups excluding carboxylic acids is 1. The van der Waals surface area contributed by atoms with Crippen LogP contribution in [0.15, 0.2) is 67.3 Å². The highest BCUT2D eigenvalue weighted by Crippen LogP contribution is 2.44. The largest absolute Gasteiger partial charge is 0.338 e. The van der Waals surface area contributed by atoms with Gasteiger partial charge in [0.25, 0.3) is 5.91 Å². The third-order valence-corrected chi connectivity index (χ3v) is 7.69. The van der Waals surface area contributed by atoms with Gasteiger partial charge in [0.1, 0.15) is 12.7 Å². The molecule has 0 N–H and O–H groups in total. The van der Waals surface area contributed by atoms with Gasteiger partial charge in [0.15, 0.2) is 0 Å². The SMILES string of the molecule is O=C(c1ccc(-n2cnnc2)cc1)N1C[C@@H]2C[C@H](C1)[C@@H]1CCC[C@H](c3ccccc3)N1C2. The molecule has 3 aliphatic rings. The molecule has 0 saturated carbocycles. The highest BCUT2D eigenvalue weighted by atomic mass is 16.2. The minimum Gasteiger partial charge on any atom is -0.338 e. The van der Waals surface area contributed by atoms with Crippen molar-refractivity contribution in [1.82, 2.24) is 24.6 Å². The number of fused-ring (bicyclic) bond motifs is 4. The molecule has 2 aromatic carbocycles. The Balaban J connectivity index is 1.18. The molecule has 32 heavy (non-hydrogen) atoms. The maximum Gasteiger partial charge on any atom is 0.253 e. The molecule has 0 radical (unpaired) electrons. The summed E-state index contributed by atoms with van der Waals surface area (Å²) in [6.07, 6.45) is 8.39. The maximum atomic E-state index is 13.4. The lowest BCUT2D eigenvalue weighted by atomic mass is 9.74. The number of hydrogen-bond acceptors (Lipinski definition) is 4. The fourth-order valence-corrected chi connectivity index (χ4v) is 6.30. The normalized spacial score (nSPS) is 27.7. The summed E-state index contributed by atoms with van der Waals surface area (Å²) in [5, 5.41) is 7.71. The molecule has 3 aliphatic heterocycles. The topological polar surface area (TPSA) is 54.3 Å². The predicted octanol–water partition coefficient (Wildman–Crippen LogP) is 3.96. The van der Waals surface area contributed by atoms with Crippen LogP contribution in [-0.2, 0) is 0 Å². The van der Waals surface area contributed by atoms with Gasteiger partial charge < -0.3 is 4.90 Å². The van der Waals surface area contributed by atoms with Crippen molar-refractivity contribution in [2.24, 2.45) is 11.8 Å². The average molecular weight is 428 g/mol. The Kier molecular flexibility index (Phi) is 5.02.